The van der Waals surface area contributed by atoms with Gasteiger partial charge in [0, 0.05) is 37.3 Å². The minimum atomic E-state index is -0.190. The van der Waals surface area contributed by atoms with E-state index in [9.17, 15) is 9.59 Å². The van der Waals surface area contributed by atoms with E-state index in [2.05, 4.69) is 10.1 Å². The maximum atomic E-state index is 13.0. The first-order valence-corrected chi connectivity index (χ1v) is 8.37. The van der Waals surface area contributed by atoms with Gasteiger partial charge in [-0.15, -0.1) is 0 Å². The number of ketones is 1. The largest absolute Gasteiger partial charge is 0.333 e. The van der Waals surface area contributed by atoms with Gasteiger partial charge in [0.25, 0.3) is 5.91 Å². The van der Waals surface area contributed by atoms with Gasteiger partial charge in [0.2, 0.25) is 0 Å². The lowest BCUT2D eigenvalue weighted by Gasteiger charge is -2.42. The second-order valence-electron chi connectivity index (χ2n) is 6.22. The lowest BCUT2D eigenvalue weighted by molar-refractivity contribution is -0.129. The molecule has 3 heterocycles. The van der Waals surface area contributed by atoms with E-state index >= 15 is 0 Å². The highest BCUT2D eigenvalue weighted by molar-refractivity contribution is 6.36. The van der Waals surface area contributed by atoms with Gasteiger partial charge in [-0.05, 0) is 18.9 Å². The number of nitrogens with zero attached hydrogens (tertiary/aromatic N) is 4. The van der Waals surface area contributed by atoms with Crippen LogP contribution in [0.15, 0.2) is 18.5 Å². The first-order chi connectivity index (χ1) is 11.2. The summed E-state index contributed by atoms with van der Waals surface area (Å²) in [4.78, 5) is 31.1. The summed E-state index contributed by atoms with van der Waals surface area (Å²) in [5, 5.41) is 4.57. The highest BCUT2D eigenvalue weighted by Crippen LogP contribution is 2.35. The zero-order valence-electron chi connectivity index (χ0n) is 12.6. The van der Waals surface area contributed by atoms with Crippen LogP contribution in [0.5, 0.6) is 0 Å². The van der Waals surface area contributed by atoms with E-state index in [1.807, 2.05) is 0 Å². The van der Waals surface area contributed by atoms with Crippen molar-refractivity contribution in [2.45, 2.75) is 38.1 Å². The van der Waals surface area contributed by atoms with Crippen molar-refractivity contribution in [3.05, 3.63) is 29.2 Å². The molecule has 1 amide bonds. The summed E-state index contributed by atoms with van der Waals surface area (Å²) in [5.41, 5.74) is 0.704. The van der Waals surface area contributed by atoms with E-state index in [4.69, 9.17) is 11.6 Å². The first kappa shape index (κ1) is 14.6. The lowest BCUT2D eigenvalue weighted by atomic mass is 9.77. The standard InChI is InChI=1S/C16H17ClN4O2/c17-13-14(19-21-8-3-7-18-15(13)21)16(23)20-9-6-12(22)10-4-1-2-5-11(10)20/h3,7-8,10-11H,1-2,4-6,9H2. The van der Waals surface area contributed by atoms with Crippen LogP contribution >= 0.6 is 11.6 Å². The molecule has 0 radical (unpaired) electrons. The molecule has 2 aliphatic rings. The molecule has 1 aliphatic heterocycles. The maximum Gasteiger partial charge on any atom is 0.276 e. The van der Waals surface area contributed by atoms with Gasteiger partial charge in [-0.3, -0.25) is 9.59 Å². The third-order valence-corrected chi connectivity index (χ3v) is 5.29. The van der Waals surface area contributed by atoms with Gasteiger partial charge in [-0.2, -0.15) is 5.10 Å². The van der Waals surface area contributed by atoms with Crippen LogP contribution in [-0.2, 0) is 4.79 Å². The van der Waals surface area contributed by atoms with E-state index in [-0.39, 0.29) is 28.6 Å². The molecule has 0 aromatic carbocycles. The fraction of sp³-hybridized carbons (Fsp3) is 0.500. The molecule has 23 heavy (non-hydrogen) atoms. The predicted octanol–water partition coefficient (Wildman–Crippen LogP) is 2.36. The van der Waals surface area contributed by atoms with E-state index in [0.29, 0.717) is 24.4 Å². The molecular weight excluding hydrogens is 316 g/mol. The Hall–Kier alpha value is -1.95. The van der Waals surface area contributed by atoms with Crippen LogP contribution < -0.4 is 0 Å². The van der Waals surface area contributed by atoms with Crippen molar-refractivity contribution in [3.8, 4) is 0 Å². The van der Waals surface area contributed by atoms with Crippen LogP contribution in [0.2, 0.25) is 5.02 Å². The summed E-state index contributed by atoms with van der Waals surface area (Å²) in [6.45, 7) is 0.455. The summed E-state index contributed by atoms with van der Waals surface area (Å²) >= 11 is 6.31. The van der Waals surface area contributed by atoms with Crippen molar-refractivity contribution >= 4 is 28.9 Å². The lowest BCUT2D eigenvalue weighted by Crippen LogP contribution is -2.53. The van der Waals surface area contributed by atoms with Crippen molar-refractivity contribution in [1.29, 1.82) is 0 Å². The Kier molecular flexibility index (Phi) is 3.56. The molecule has 120 valence electrons. The highest BCUT2D eigenvalue weighted by Gasteiger charge is 2.41. The minimum Gasteiger partial charge on any atom is -0.333 e. The summed E-state index contributed by atoms with van der Waals surface area (Å²) in [5.74, 6) is 0.0850. The number of Topliss-reactive ketones (excluding diaryl/α,β-unsaturated/α-hetero) is 1. The average Bonchev–Trinajstić information content (AvgIpc) is 2.92. The molecule has 2 aromatic heterocycles. The molecule has 2 fully saturated rings. The van der Waals surface area contributed by atoms with E-state index < -0.39 is 0 Å². The van der Waals surface area contributed by atoms with Crippen LogP contribution in [0, 0.1) is 5.92 Å². The maximum absolute atomic E-state index is 13.0. The fourth-order valence-electron chi connectivity index (χ4n) is 3.83. The molecule has 1 saturated heterocycles. The van der Waals surface area contributed by atoms with E-state index in [1.165, 1.54) is 4.52 Å². The van der Waals surface area contributed by atoms with Crippen molar-refractivity contribution in [2.24, 2.45) is 5.92 Å². The summed E-state index contributed by atoms with van der Waals surface area (Å²) in [7, 11) is 0. The van der Waals surface area contributed by atoms with E-state index in [0.717, 1.165) is 25.7 Å². The SMILES string of the molecule is O=C1CCN(C(=O)c2nn3cccnc3c2Cl)C2CCCCC12. The quantitative estimate of drug-likeness (QED) is 0.804. The zero-order valence-corrected chi connectivity index (χ0v) is 13.4. The number of halogens is 1. The van der Waals surface area contributed by atoms with Gasteiger partial charge >= 0.3 is 0 Å². The Labute approximate surface area is 138 Å². The number of carbonyl (C=O) groups is 2. The number of hydrogen-bond acceptors (Lipinski definition) is 4. The molecule has 0 spiro atoms. The molecule has 7 heteroatoms. The number of carbonyl (C=O) groups excluding carboxylic acids is 2. The van der Waals surface area contributed by atoms with Crippen molar-refractivity contribution in [1.82, 2.24) is 19.5 Å². The monoisotopic (exact) mass is 332 g/mol. The molecule has 4 rings (SSSR count). The Morgan fingerprint density at radius 2 is 2.13 bits per heavy atom. The van der Waals surface area contributed by atoms with Gasteiger partial charge < -0.3 is 4.90 Å². The number of piperidine rings is 1. The number of hydrogen-bond donors (Lipinski definition) is 0. The molecular formula is C16H17ClN4O2. The van der Waals surface area contributed by atoms with Crippen LogP contribution in [0.3, 0.4) is 0 Å². The molecule has 2 atom stereocenters. The van der Waals surface area contributed by atoms with Gasteiger partial charge in [-0.25, -0.2) is 9.50 Å². The third-order valence-electron chi connectivity index (χ3n) is 4.95. The highest BCUT2D eigenvalue weighted by atomic mass is 35.5. The molecule has 0 bridgehead atoms. The number of amides is 1. The van der Waals surface area contributed by atoms with Crippen LogP contribution in [0.1, 0.15) is 42.6 Å². The zero-order chi connectivity index (χ0) is 16.0. The predicted molar refractivity (Wildman–Crippen MR) is 84.4 cm³/mol. The van der Waals surface area contributed by atoms with Crippen LogP contribution in [0.25, 0.3) is 5.65 Å². The molecule has 2 unspecified atom stereocenters. The molecule has 2 aromatic rings. The summed E-state index contributed by atoms with van der Waals surface area (Å²) < 4.78 is 1.52. The second kappa shape index (κ2) is 5.60. The summed E-state index contributed by atoms with van der Waals surface area (Å²) in [6.07, 6.45) is 7.64. The minimum absolute atomic E-state index is 0.00802. The average molecular weight is 333 g/mol. The van der Waals surface area contributed by atoms with E-state index in [1.54, 1.807) is 23.4 Å². The Morgan fingerprint density at radius 3 is 2.96 bits per heavy atom. The Morgan fingerprint density at radius 1 is 1.30 bits per heavy atom. The summed E-state index contributed by atoms with van der Waals surface area (Å²) in [6, 6.07) is 1.73. The van der Waals surface area contributed by atoms with Gasteiger partial charge in [0.15, 0.2) is 11.3 Å². The molecule has 1 aliphatic carbocycles. The van der Waals surface area contributed by atoms with Crippen LogP contribution in [0.4, 0.5) is 0 Å². The first-order valence-electron chi connectivity index (χ1n) is 7.99. The number of aromatic nitrogens is 3. The number of fused-ring (bicyclic) bond motifs is 2. The third kappa shape index (κ3) is 2.32. The molecule has 6 nitrogen and oxygen atoms in total. The Balaban J connectivity index is 1.69. The smallest absolute Gasteiger partial charge is 0.276 e. The normalized spacial score (nSPS) is 24.7. The number of likely N-dealkylation sites (tertiary alicyclic amines) is 1. The van der Waals surface area contributed by atoms with Crippen molar-refractivity contribution in [2.75, 3.05) is 6.54 Å². The van der Waals surface area contributed by atoms with Gasteiger partial charge in [0.1, 0.15) is 10.8 Å². The van der Waals surface area contributed by atoms with Gasteiger partial charge in [0.05, 0.1) is 0 Å². The van der Waals surface area contributed by atoms with Crippen LogP contribution in [-0.4, -0.2) is 43.8 Å². The van der Waals surface area contributed by atoms with Gasteiger partial charge in [-0.1, -0.05) is 24.4 Å². The van der Waals surface area contributed by atoms with Crippen molar-refractivity contribution < 1.29 is 9.59 Å². The topological polar surface area (TPSA) is 67.6 Å². The van der Waals surface area contributed by atoms with Crippen molar-refractivity contribution in [3.63, 3.8) is 0 Å². The second-order valence-corrected chi connectivity index (χ2v) is 6.60. The Bertz CT molecular complexity index is 787. The fourth-order valence-corrected chi connectivity index (χ4v) is 4.08. The molecule has 1 saturated carbocycles. The number of rotatable bonds is 1. The molecule has 0 N–H and O–H groups in total.